The molecular formula is C22H17Br3FN3O2. The molecule has 2 N–H and O–H groups in total. The van der Waals surface area contributed by atoms with Crippen molar-refractivity contribution in [3.05, 3.63) is 90.5 Å². The number of hydrogen-bond acceptors (Lipinski definition) is 3. The van der Waals surface area contributed by atoms with Crippen LogP contribution in [0.1, 0.15) is 16.7 Å². The number of carbonyl (C=O) groups excluding carboxylic acids is 1. The molecule has 0 heterocycles. The highest BCUT2D eigenvalue weighted by atomic mass is 79.9. The molecule has 0 radical (unpaired) electrons. The van der Waals surface area contributed by atoms with Crippen LogP contribution in [0.3, 0.4) is 0 Å². The molecule has 0 aromatic heterocycles. The van der Waals surface area contributed by atoms with Crippen molar-refractivity contribution in [2.75, 3.05) is 5.32 Å². The molecule has 0 saturated heterocycles. The normalized spacial score (nSPS) is 10.9. The lowest BCUT2D eigenvalue weighted by molar-refractivity contribution is 0.252. The van der Waals surface area contributed by atoms with Gasteiger partial charge in [-0.3, -0.25) is 0 Å². The van der Waals surface area contributed by atoms with Crippen LogP contribution in [0.2, 0.25) is 0 Å². The fraction of sp³-hybridized carbons (Fsp3) is 0.0909. The van der Waals surface area contributed by atoms with Crippen LogP contribution in [0.15, 0.2) is 73.1 Å². The molecule has 0 aliphatic heterocycles. The van der Waals surface area contributed by atoms with Gasteiger partial charge in [-0.1, -0.05) is 28.1 Å². The Hall–Kier alpha value is -2.23. The zero-order chi connectivity index (χ0) is 22.4. The highest BCUT2D eigenvalue weighted by Gasteiger charge is 2.09. The maximum absolute atomic E-state index is 13.3. The maximum Gasteiger partial charge on any atom is 0.339 e. The molecule has 3 aromatic rings. The Kier molecular flexibility index (Phi) is 8.22. The summed E-state index contributed by atoms with van der Waals surface area (Å²) >= 11 is 10.4. The van der Waals surface area contributed by atoms with Crippen molar-refractivity contribution in [2.24, 2.45) is 5.10 Å². The smallest absolute Gasteiger partial charge is 0.339 e. The van der Waals surface area contributed by atoms with E-state index in [4.69, 9.17) is 4.74 Å². The molecule has 0 saturated carbocycles. The lowest BCUT2D eigenvalue weighted by Gasteiger charge is -2.11. The molecule has 2 amide bonds. The Labute approximate surface area is 204 Å². The first-order valence-corrected chi connectivity index (χ1v) is 11.4. The van der Waals surface area contributed by atoms with E-state index >= 15 is 0 Å². The van der Waals surface area contributed by atoms with Crippen LogP contribution in [-0.4, -0.2) is 12.2 Å². The molecule has 5 nitrogen and oxygen atoms in total. The van der Waals surface area contributed by atoms with Crippen molar-refractivity contribution >= 4 is 65.7 Å². The topological polar surface area (TPSA) is 62.7 Å². The van der Waals surface area contributed by atoms with Crippen molar-refractivity contribution in [2.45, 2.75) is 13.5 Å². The van der Waals surface area contributed by atoms with E-state index in [-0.39, 0.29) is 12.4 Å². The summed E-state index contributed by atoms with van der Waals surface area (Å²) in [6.45, 7) is 2.16. The number of aryl methyl sites for hydroxylation is 1. The number of rotatable bonds is 6. The van der Waals surface area contributed by atoms with E-state index < -0.39 is 6.03 Å². The van der Waals surface area contributed by atoms with E-state index in [2.05, 4.69) is 63.6 Å². The van der Waals surface area contributed by atoms with Gasteiger partial charge in [0.25, 0.3) is 0 Å². The Morgan fingerprint density at radius 1 is 1.06 bits per heavy atom. The van der Waals surface area contributed by atoms with Crippen molar-refractivity contribution in [3.8, 4) is 5.75 Å². The van der Waals surface area contributed by atoms with E-state index in [1.165, 1.54) is 18.3 Å². The van der Waals surface area contributed by atoms with E-state index in [0.717, 1.165) is 21.2 Å². The lowest BCUT2D eigenvalue weighted by Crippen LogP contribution is -2.24. The zero-order valence-corrected chi connectivity index (χ0v) is 21.0. The number of halogens is 4. The molecule has 0 spiro atoms. The Balaban J connectivity index is 1.59. The van der Waals surface area contributed by atoms with Crippen molar-refractivity contribution < 1.29 is 13.9 Å². The van der Waals surface area contributed by atoms with E-state index in [1.54, 1.807) is 30.3 Å². The van der Waals surface area contributed by atoms with Gasteiger partial charge in [0.2, 0.25) is 0 Å². The lowest BCUT2D eigenvalue weighted by atomic mass is 10.2. The molecule has 0 aliphatic carbocycles. The number of nitrogens with zero attached hydrogens (tertiary/aromatic N) is 1. The van der Waals surface area contributed by atoms with Gasteiger partial charge in [-0.15, -0.1) is 0 Å². The molecule has 160 valence electrons. The number of carbonyl (C=O) groups is 1. The van der Waals surface area contributed by atoms with Gasteiger partial charge in [0.1, 0.15) is 18.2 Å². The standard InChI is InChI=1S/C22H17Br3FN3O2/c1-13-7-17(5-6-18(13)23)28-22(30)29-27-11-15-9-19(24)21(20(25)10-15)31-12-14-3-2-4-16(26)8-14/h2-11H,12H2,1H3,(H2,28,29,30)/b27-11+. The van der Waals surface area contributed by atoms with Crippen LogP contribution < -0.4 is 15.5 Å². The number of hydrogen-bond donors (Lipinski definition) is 2. The van der Waals surface area contributed by atoms with Crippen LogP contribution in [0.5, 0.6) is 5.75 Å². The van der Waals surface area contributed by atoms with Gasteiger partial charge in [-0.2, -0.15) is 5.10 Å². The molecule has 0 unspecified atom stereocenters. The van der Waals surface area contributed by atoms with Crippen molar-refractivity contribution in [1.82, 2.24) is 5.43 Å². The van der Waals surface area contributed by atoms with Gasteiger partial charge in [0.05, 0.1) is 15.2 Å². The minimum Gasteiger partial charge on any atom is -0.487 e. The molecule has 3 rings (SSSR count). The first kappa shape index (κ1) is 23.4. The summed E-state index contributed by atoms with van der Waals surface area (Å²) in [6, 6.07) is 14.9. The third kappa shape index (κ3) is 6.88. The highest BCUT2D eigenvalue weighted by Crippen LogP contribution is 2.35. The first-order valence-electron chi connectivity index (χ1n) is 9.04. The third-order valence-electron chi connectivity index (χ3n) is 4.09. The molecular weight excluding hydrogens is 597 g/mol. The van der Waals surface area contributed by atoms with Crippen molar-refractivity contribution in [1.29, 1.82) is 0 Å². The van der Waals surface area contributed by atoms with Crippen LogP contribution in [0.4, 0.5) is 14.9 Å². The largest absolute Gasteiger partial charge is 0.487 e. The highest BCUT2D eigenvalue weighted by molar-refractivity contribution is 9.11. The minimum absolute atomic E-state index is 0.222. The number of ether oxygens (including phenoxy) is 1. The van der Waals surface area contributed by atoms with Gasteiger partial charge in [0, 0.05) is 10.2 Å². The SMILES string of the molecule is Cc1cc(NC(=O)N/N=C/c2cc(Br)c(OCc3cccc(F)c3)c(Br)c2)ccc1Br. The second-order valence-corrected chi connectivity index (χ2v) is 9.08. The van der Waals surface area contributed by atoms with Gasteiger partial charge in [0.15, 0.2) is 0 Å². The quantitative estimate of drug-likeness (QED) is 0.229. The molecule has 0 fully saturated rings. The summed E-state index contributed by atoms with van der Waals surface area (Å²) in [5.41, 5.74) is 5.56. The second-order valence-electron chi connectivity index (χ2n) is 6.52. The number of hydrazone groups is 1. The van der Waals surface area contributed by atoms with E-state index in [0.29, 0.717) is 20.4 Å². The predicted molar refractivity (Wildman–Crippen MR) is 131 cm³/mol. The number of urea groups is 1. The third-order valence-corrected chi connectivity index (χ3v) is 6.16. The summed E-state index contributed by atoms with van der Waals surface area (Å²) < 4.78 is 21.5. The zero-order valence-electron chi connectivity index (χ0n) is 16.3. The Bertz CT molecular complexity index is 1120. The average Bonchev–Trinajstić information content (AvgIpc) is 2.70. The van der Waals surface area contributed by atoms with Gasteiger partial charge >= 0.3 is 6.03 Å². The van der Waals surface area contributed by atoms with E-state index in [1.807, 2.05) is 19.1 Å². The molecule has 3 aromatic carbocycles. The fourth-order valence-electron chi connectivity index (χ4n) is 2.62. The van der Waals surface area contributed by atoms with Gasteiger partial charge in [-0.25, -0.2) is 14.6 Å². The van der Waals surface area contributed by atoms with Crippen molar-refractivity contribution in [3.63, 3.8) is 0 Å². The number of anilines is 1. The summed E-state index contributed by atoms with van der Waals surface area (Å²) in [6.07, 6.45) is 1.51. The Morgan fingerprint density at radius 3 is 2.48 bits per heavy atom. The summed E-state index contributed by atoms with van der Waals surface area (Å²) in [7, 11) is 0. The number of nitrogens with one attached hydrogen (secondary N) is 2. The number of amides is 2. The number of benzene rings is 3. The van der Waals surface area contributed by atoms with Crippen LogP contribution in [0.25, 0.3) is 0 Å². The Morgan fingerprint density at radius 2 is 1.81 bits per heavy atom. The summed E-state index contributed by atoms with van der Waals surface area (Å²) in [4.78, 5) is 12.0. The van der Waals surface area contributed by atoms with Gasteiger partial charge in [-0.05, 0) is 97.9 Å². The maximum atomic E-state index is 13.3. The predicted octanol–water partition coefficient (Wildman–Crippen LogP) is 7.16. The summed E-state index contributed by atoms with van der Waals surface area (Å²) in [5.74, 6) is 0.273. The molecule has 0 atom stereocenters. The first-order chi connectivity index (χ1) is 14.8. The summed E-state index contributed by atoms with van der Waals surface area (Å²) in [5, 5.41) is 6.69. The molecule has 31 heavy (non-hydrogen) atoms. The molecule has 0 bridgehead atoms. The molecule has 9 heteroatoms. The van der Waals surface area contributed by atoms with Crippen LogP contribution in [0, 0.1) is 12.7 Å². The average molecular weight is 614 g/mol. The minimum atomic E-state index is -0.453. The van der Waals surface area contributed by atoms with Gasteiger partial charge < -0.3 is 10.1 Å². The monoisotopic (exact) mass is 611 g/mol. The molecule has 0 aliphatic rings. The van der Waals surface area contributed by atoms with Crippen LogP contribution >= 0.6 is 47.8 Å². The fourth-order valence-corrected chi connectivity index (χ4v) is 4.32. The van der Waals surface area contributed by atoms with Crippen LogP contribution in [-0.2, 0) is 6.61 Å². The second kappa shape index (κ2) is 10.9. The van der Waals surface area contributed by atoms with E-state index in [9.17, 15) is 9.18 Å².